The first-order valence-electron chi connectivity index (χ1n) is 4.88. The second-order valence-electron chi connectivity index (χ2n) is 3.37. The number of ether oxygens (including phenoxy) is 2. The molecule has 0 unspecified atom stereocenters. The summed E-state index contributed by atoms with van der Waals surface area (Å²) in [6.07, 6.45) is -1.71. The van der Waals surface area contributed by atoms with Gasteiger partial charge in [-0.25, -0.2) is 8.78 Å². The van der Waals surface area contributed by atoms with E-state index >= 15 is 0 Å². The van der Waals surface area contributed by atoms with Gasteiger partial charge in [0, 0.05) is 11.8 Å². The van der Waals surface area contributed by atoms with Gasteiger partial charge in [-0.3, -0.25) is 9.78 Å². The maximum absolute atomic E-state index is 12.6. The number of alkyl halides is 2. The van der Waals surface area contributed by atoms with Gasteiger partial charge in [0.2, 0.25) is 0 Å². The van der Waals surface area contributed by atoms with Crippen molar-refractivity contribution in [1.29, 1.82) is 0 Å². The van der Waals surface area contributed by atoms with Crippen molar-refractivity contribution in [1.82, 2.24) is 4.98 Å². The molecule has 1 heterocycles. The Morgan fingerprint density at radius 1 is 1.47 bits per heavy atom. The topological polar surface area (TPSA) is 48.4 Å². The summed E-state index contributed by atoms with van der Waals surface area (Å²) < 4.78 is 34.7. The molecule has 0 saturated carbocycles. The van der Waals surface area contributed by atoms with Crippen molar-refractivity contribution in [3.05, 3.63) is 23.0 Å². The van der Waals surface area contributed by atoms with Crippen molar-refractivity contribution < 1.29 is 23.0 Å². The fourth-order valence-corrected chi connectivity index (χ4v) is 1.46. The molecule has 0 aliphatic carbocycles. The van der Waals surface area contributed by atoms with Gasteiger partial charge in [0.1, 0.15) is 5.75 Å². The second-order valence-corrected chi connectivity index (χ2v) is 3.37. The van der Waals surface area contributed by atoms with Crippen molar-refractivity contribution in [2.24, 2.45) is 0 Å². The molecule has 1 rings (SSSR count). The van der Waals surface area contributed by atoms with Gasteiger partial charge in [-0.15, -0.1) is 0 Å². The summed E-state index contributed by atoms with van der Waals surface area (Å²) in [4.78, 5) is 14.9. The molecule has 6 heteroatoms. The normalized spacial score (nSPS) is 10.5. The monoisotopic (exact) mass is 245 g/mol. The van der Waals surface area contributed by atoms with Gasteiger partial charge < -0.3 is 9.47 Å². The Labute approximate surface area is 97.6 Å². The molecular formula is C11H13F2NO3. The molecule has 0 atom stereocenters. The van der Waals surface area contributed by atoms with Crippen molar-refractivity contribution in [2.45, 2.75) is 19.8 Å². The van der Waals surface area contributed by atoms with Crippen molar-refractivity contribution in [3.8, 4) is 5.75 Å². The first-order valence-corrected chi connectivity index (χ1v) is 4.88. The van der Waals surface area contributed by atoms with E-state index in [2.05, 4.69) is 9.72 Å². The maximum atomic E-state index is 12.6. The minimum Gasteiger partial charge on any atom is -0.496 e. The standard InChI is InChI=1S/C11H13F2NO3/c1-6-8(4-9(15)16-2)14-5-7(11(12)13)10(6)17-3/h5,11H,4H2,1-3H3. The number of rotatable bonds is 4. The lowest BCUT2D eigenvalue weighted by Gasteiger charge is -2.13. The SMILES string of the molecule is COC(=O)Cc1ncc(C(F)F)c(OC)c1C. The van der Waals surface area contributed by atoms with E-state index in [1.54, 1.807) is 6.92 Å². The molecule has 94 valence electrons. The van der Waals surface area contributed by atoms with Gasteiger partial charge >= 0.3 is 5.97 Å². The number of esters is 1. The van der Waals surface area contributed by atoms with Crippen LogP contribution in [0.3, 0.4) is 0 Å². The van der Waals surface area contributed by atoms with Crippen LogP contribution in [-0.2, 0) is 16.0 Å². The summed E-state index contributed by atoms with van der Waals surface area (Å²) in [6.45, 7) is 1.58. The van der Waals surface area contributed by atoms with Crippen LogP contribution in [0.15, 0.2) is 6.20 Å². The third-order valence-electron chi connectivity index (χ3n) is 2.37. The zero-order valence-corrected chi connectivity index (χ0v) is 9.79. The van der Waals surface area contributed by atoms with Gasteiger partial charge in [-0.2, -0.15) is 0 Å². The number of pyridine rings is 1. The first kappa shape index (κ1) is 13.3. The lowest BCUT2D eigenvalue weighted by molar-refractivity contribution is -0.139. The highest BCUT2D eigenvalue weighted by Crippen LogP contribution is 2.32. The van der Waals surface area contributed by atoms with Gasteiger partial charge in [0.05, 0.1) is 31.9 Å². The molecular weight excluding hydrogens is 232 g/mol. The predicted octanol–water partition coefficient (Wildman–Crippen LogP) is 2.05. The van der Waals surface area contributed by atoms with E-state index in [1.165, 1.54) is 14.2 Å². The van der Waals surface area contributed by atoms with Gasteiger partial charge in [-0.05, 0) is 6.92 Å². The Kier molecular flexibility index (Phi) is 4.37. The van der Waals surface area contributed by atoms with E-state index in [1.807, 2.05) is 0 Å². The highest BCUT2D eigenvalue weighted by molar-refractivity contribution is 5.72. The molecule has 0 spiro atoms. The molecule has 0 bridgehead atoms. The zero-order valence-electron chi connectivity index (χ0n) is 9.79. The number of halogens is 2. The smallest absolute Gasteiger partial charge is 0.311 e. The molecule has 0 fully saturated rings. The van der Waals surface area contributed by atoms with Crippen molar-refractivity contribution in [2.75, 3.05) is 14.2 Å². The quantitative estimate of drug-likeness (QED) is 0.762. The highest BCUT2D eigenvalue weighted by atomic mass is 19.3. The third kappa shape index (κ3) is 2.89. The minimum atomic E-state index is -2.66. The fraction of sp³-hybridized carbons (Fsp3) is 0.455. The minimum absolute atomic E-state index is 0.0638. The molecule has 17 heavy (non-hydrogen) atoms. The van der Waals surface area contributed by atoms with Crippen LogP contribution in [-0.4, -0.2) is 25.2 Å². The molecule has 0 aromatic carbocycles. The molecule has 4 nitrogen and oxygen atoms in total. The lowest BCUT2D eigenvalue weighted by Crippen LogP contribution is -2.09. The van der Waals surface area contributed by atoms with Crippen LogP contribution in [0, 0.1) is 6.92 Å². The predicted molar refractivity (Wildman–Crippen MR) is 56.2 cm³/mol. The molecule has 0 amide bonds. The number of carbonyl (C=O) groups excluding carboxylic acids is 1. The summed E-state index contributed by atoms with van der Waals surface area (Å²) in [7, 11) is 2.55. The largest absolute Gasteiger partial charge is 0.496 e. The van der Waals surface area contributed by atoms with Crippen LogP contribution in [0.4, 0.5) is 8.78 Å². The summed E-state index contributed by atoms with van der Waals surface area (Å²) >= 11 is 0. The Morgan fingerprint density at radius 3 is 2.59 bits per heavy atom. The van der Waals surface area contributed by atoms with Crippen LogP contribution < -0.4 is 4.74 Å². The van der Waals surface area contributed by atoms with Gasteiger partial charge in [0.15, 0.2) is 0 Å². The van der Waals surface area contributed by atoms with Crippen molar-refractivity contribution >= 4 is 5.97 Å². The Balaban J connectivity index is 3.15. The molecule has 0 aliphatic heterocycles. The van der Waals surface area contributed by atoms with Crippen LogP contribution >= 0.6 is 0 Å². The number of carbonyl (C=O) groups is 1. The van der Waals surface area contributed by atoms with Gasteiger partial charge in [0.25, 0.3) is 6.43 Å². The van der Waals surface area contributed by atoms with Crippen LogP contribution in [0.2, 0.25) is 0 Å². The summed E-state index contributed by atoms with van der Waals surface area (Å²) in [5, 5.41) is 0. The number of hydrogen-bond acceptors (Lipinski definition) is 4. The summed E-state index contributed by atoms with van der Waals surface area (Å²) in [5.41, 5.74) is 0.521. The average Bonchev–Trinajstić information content (AvgIpc) is 2.30. The molecule has 0 aliphatic rings. The van der Waals surface area contributed by atoms with E-state index in [0.29, 0.717) is 11.3 Å². The summed E-state index contributed by atoms with van der Waals surface area (Å²) in [5.74, 6) is -0.415. The van der Waals surface area contributed by atoms with E-state index in [0.717, 1.165) is 6.20 Å². The molecule has 0 radical (unpaired) electrons. The molecule has 0 saturated heterocycles. The Bertz CT molecular complexity index is 421. The molecule has 1 aromatic rings. The first-order chi connectivity index (χ1) is 8.01. The maximum Gasteiger partial charge on any atom is 0.311 e. The number of nitrogens with zero attached hydrogens (tertiary/aromatic N) is 1. The lowest BCUT2D eigenvalue weighted by atomic mass is 10.1. The molecule has 0 N–H and O–H groups in total. The second kappa shape index (κ2) is 5.56. The Hall–Kier alpha value is -1.72. The van der Waals surface area contributed by atoms with E-state index in [-0.39, 0.29) is 17.7 Å². The third-order valence-corrected chi connectivity index (χ3v) is 2.37. The van der Waals surface area contributed by atoms with Crippen LogP contribution in [0.5, 0.6) is 5.75 Å². The zero-order chi connectivity index (χ0) is 13.0. The van der Waals surface area contributed by atoms with Gasteiger partial charge in [-0.1, -0.05) is 0 Å². The van der Waals surface area contributed by atoms with E-state index in [9.17, 15) is 13.6 Å². The van der Waals surface area contributed by atoms with E-state index < -0.39 is 12.4 Å². The van der Waals surface area contributed by atoms with Crippen molar-refractivity contribution in [3.63, 3.8) is 0 Å². The fourth-order valence-electron chi connectivity index (χ4n) is 1.46. The Morgan fingerprint density at radius 2 is 2.12 bits per heavy atom. The summed E-state index contributed by atoms with van der Waals surface area (Å²) in [6, 6.07) is 0. The number of hydrogen-bond donors (Lipinski definition) is 0. The number of aromatic nitrogens is 1. The molecule has 1 aromatic heterocycles. The van der Waals surface area contributed by atoms with Crippen LogP contribution in [0.1, 0.15) is 23.2 Å². The van der Waals surface area contributed by atoms with E-state index in [4.69, 9.17) is 4.74 Å². The average molecular weight is 245 g/mol. The van der Waals surface area contributed by atoms with Crippen LogP contribution in [0.25, 0.3) is 0 Å². The number of methoxy groups -OCH3 is 2. The highest BCUT2D eigenvalue weighted by Gasteiger charge is 2.20.